The Labute approximate surface area is 140 Å². The molecule has 0 aromatic heterocycles. The highest BCUT2D eigenvalue weighted by Gasteiger charge is 2.17. The molecule has 2 N–H and O–H groups in total. The molecule has 0 aliphatic heterocycles. The number of halogens is 2. The minimum absolute atomic E-state index is 0.0640. The molecule has 0 saturated heterocycles. The van der Waals surface area contributed by atoms with Gasteiger partial charge in [0.1, 0.15) is 11.6 Å². The summed E-state index contributed by atoms with van der Waals surface area (Å²) in [7, 11) is 0. The zero-order valence-electron chi connectivity index (χ0n) is 13.4. The van der Waals surface area contributed by atoms with Crippen molar-refractivity contribution in [3.8, 4) is 0 Å². The van der Waals surface area contributed by atoms with E-state index in [0.29, 0.717) is 16.4 Å². The van der Waals surface area contributed by atoms with Gasteiger partial charge in [-0.15, -0.1) is 0 Å². The molecule has 0 heterocycles. The Morgan fingerprint density at radius 2 is 1.70 bits per heavy atom. The first-order valence-corrected chi connectivity index (χ1v) is 7.87. The number of thiocarbonyl (C=S) groups is 1. The van der Waals surface area contributed by atoms with Crippen LogP contribution < -0.4 is 10.6 Å². The van der Waals surface area contributed by atoms with Gasteiger partial charge in [0.05, 0.1) is 6.04 Å². The van der Waals surface area contributed by atoms with E-state index in [0.717, 1.165) is 5.56 Å². The van der Waals surface area contributed by atoms with Crippen LogP contribution in [-0.4, -0.2) is 5.11 Å². The summed E-state index contributed by atoms with van der Waals surface area (Å²) in [5, 5.41) is 6.59. The van der Waals surface area contributed by atoms with Gasteiger partial charge in [-0.1, -0.05) is 32.0 Å². The standard InChI is InChI=1S/C18H20F2N2S/c1-11(2)17(13-5-7-14(19)8-6-13)22-18(23)21-15-9-4-12(3)16(20)10-15/h4-11,17H,1-3H3,(H2,21,22,23)/t17-/m0/s1. The van der Waals surface area contributed by atoms with E-state index in [-0.39, 0.29) is 23.6 Å². The summed E-state index contributed by atoms with van der Waals surface area (Å²) in [5.74, 6) is -0.307. The van der Waals surface area contributed by atoms with Gasteiger partial charge in [-0.05, 0) is 60.5 Å². The van der Waals surface area contributed by atoms with Gasteiger partial charge in [-0.2, -0.15) is 0 Å². The molecule has 122 valence electrons. The lowest BCUT2D eigenvalue weighted by atomic mass is 9.96. The number of aryl methyl sites for hydroxylation is 1. The van der Waals surface area contributed by atoms with E-state index in [4.69, 9.17) is 12.2 Å². The van der Waals surface area contributed by atoms with E-state index in [1.165, 1.54) is 18.2 Å². The van der Waals surface area contributed by atoms with Crippen LogP contribution in [0.3, 0.4) is 0 Å². The zero-order valence-corrected chi connectivity index (χ0v) is 14.2. The van der Waals surface area contributed by atoms with Crippen molar-refractivity contribution in [3.63, 3.8) is 0 Å². The van der Waals surface area contributed by atoms with E-state index in [1.54, 1.807) is 31.2 Å². The van der Waals surface area contributed by atoms with Crippen molar-refractivity contribution in [2.24, 2.45) is 5.92 Å². The first-order chi connectivity index (χ1) is 10.9. The molecule has 0 spiro atoms. The molecule has 0 saturated carbocycles. The Bertz CT molecular complexity index is 684. The van der Waals surface area contributed by atoms with Crippen LogP contribution >= 0.6 is 12.2 Å². The topological polar surface area (TPSA) is 24.1 Å². The molecule has 0 fully saturated rings. The Morgan fingerprint density at radius 1 is 1.04 bits per heavy atom. The number of rotatable bonds is 4. The van der Waals surface area contributed by atoms with Crippen LogP contribution in [0, 0.1) is 24.5 Å². The number of nitrogens with one attached hydrogen (secondary N) is 2. The van der Waals surface area contributed by atoms with Gasteiger partial charge in [0.25, 0.3) is 0 Å². The maximum atomic E-state index is 13.6. The second-order valence-electron chi connectivity index (χ2n) is 5.84. The van der Waals surface area contributed by atoms with Crippen LogP contribution in [0.4, 0.5) is 14.5 Å². The van der Waals surface area contributed by atoms with Crippen molar-refractivity contribution in [2.45, 2.75) is 26.8 Å². The van der Waals surface area contributed by atoms with Gasteiger partial charge < -0.3 is 10.6 Å². The minimum atomic E-state index is -0.281. The summed E-state index contributed by atoms with van der Waals surface area (Å²) in [6.07, 6.45) is 0. The highest BCUT2D eigenvalue weighted by Crippen LogP contribution is 2.22. The normalized spacial score (nSPS) is 12.1. The lowest BCUT2D eigenvalue weighted by molar-refractivity contribution is 0.472. The molecule has 1 atom stereocenters. The molecular weight excluding hydrogens is 314 g/mol. The lowest BCUT2D eigenvalue weighted by Gasteiger charge is -2.25. The highest BCUT2D eigenvalue weighted by molar-refractivity contribution is 7.80. The number of hydrogen-bond donors (Lipinski definition) is 2. The van der Waals surface area contributed by atoms with Crippen molar-refractivity contribution >= 4 is 23.0 Å². The van der Waals surface area contributed by atoms with Crippen LogP contribution in [0.25, 0.3) is 0 Å². The average molecular weight is 334 g/mol. The van der Waals surface area contributed by atoms with Crippen LogP contribution in [-0.2, 0) is 0 Å². The van der Waals surface area contributed by atoms with E-state index in [9.17, 15) is 8.78 Å². The fourth-order valence-electron chi connectivity index (χ4n) is 2.28. The first-order valence-electron chi connectivity index (χ1n) is 7.46. The van der Waals surface area contributed by atoms with Crippen molar-refractivity contribution in [3.05, 3.63) is 65.2 Å². The van der Waals surface area contributed by atoms with E-state index in [1.807, 2.05) is 0 Å². The third-order valence-corrected chi connectivity index (χ3v) is 3.83. The molecule has 2 nitrogen and oxygen atoms in total. The van der Waals surface area contributed by atoms with Crippen LogP contribution in [0.2, 0.25) is 0 Å². The summed E-state index contributed by atoms with van der Waals surface area (Å²) in [6, 6.07) is 11.1. The predicted octanol–water partition coefficient (Wildman–Crippen LogP) is 4.96. The average Bonchev–Trinajstić information content (AvgIpc) is 2.49. The monoisotopic (exact) mass is 334 g/mol. The van der Waals surface area contributed by atoms with Crippen LogP contribution in [0.1, 0.15) is 31.0 Å². The van der Waals surface area contributed by atoms with E-state index < -0.39 is 0 Å². The number of hydrogen-bond acceptors (Lipinski definition) is 1. The zero-order chi connectivity index (χ0) is 17.0. The number of benzene rings is 2. The minimum Gasteiger partial charge on any atom is -0.355 e. The molecule has 0 radical (unpaired) electrons. The van der Waals surface area contributed by atoms with Crippen molar-refractivity contribution in [1.82, 2.24) is 5.32 Å². The summed E-state index contributed by atoms with van der Waals surface area (Å²) in [6.45, 7) is 5.81. The summed E-state index contributed by atoms with van der Waals surface area (Å²) in [4.78, 5) is 0. The molecule has 0 aliphatic carbocycles. The molecule has 0 bridgehead atoms. The molecule has 2 rings (SSSR count). The van der Waals surface area contributed by atoms with E-state index >= 15 is 0 Å². The summed E-state index contributed by atoms with van der Waals surface area (Å²) >= 11 is 5.31. The van der Waals surface area contributed by atoms with Gasteiger partial charge in [-0.3, -0.25) is 0 Å². The fraction of sp³-hybridized carbons (Fsp3) is 0.278. The molecule has 5 heteroatoms. The number of anilines is 1. The Morgan fingerprint density at radius 3 is 2.26 bits per heavy atom. The SMILES string of the molecule is Cc1ccc(NC(=S)N[C@H](c2ccc(F)cc2)C(C)C)cc1F. The Kier molecular flexibility index (Phi) is 5.66. The van der Waals surface area contributed by atoms with Crippen molar-refractivity contribution < 1.29 is 8.78 Å². The molecule has 2 aromatic rings. The van der Waals surface area contributed by atoms with Gasteiger partial charge in [-0.25, -0.2) is 8.78 Å². The van der Waals surface area contributed by atoms with Crippen molar-refractivity contribution in [1.29, 1.82) is 0 Å². The molecule has 0 aliphatic rings. The largest absolute Gasteiger partial charge is 0.355 e. The fourth-order valence-corrected chi connectivity index (χ4v) is 2.53. The molecule has 2 aromatic carbocycles. The maximum Gasteiger partial charge on any atom is 0.171 e. The molecule has 0 amide bonds. The van der Waals surface area contributed by atoms with Gasteiger partial charge in [0.15, 0.2) is 5.11 Å². The summed E-state index contributed by atoms with van der Waals surface area (Å²) in [5.41, 5.74) is 2.12. The van der Waals surface area contributed by atoms with Crippen LogP contribution in [0.5, 0.6) is 0 Å². The highest BCUT2D eigenvalue weighted by atomic mass is 32.1. The van der Waals surface area contributed by atoms with Gasteiger partial charge in [0, 0.05) is 5.69 Å². The molecule has 23 heavy (non-hydrogen) atoms. The molecule has 0 unspecified atom stereocenters. The van der Waals surface area contributed by atoms with Gasteiger partial charge in [0.2, 0.25) is 0 Å². The molecular formula is C18H20F2N2S. The van der Waals surface area contributed by atoms with Crippen molar-refractivity contribution in [2.75, 3.05) is 5.32 Å². The quantitative estimate of drug-likeness (QED) is 0.773. The van der Waals surface area contributed by atoms with E-state index in [2.05, 4.69) is 24.5 Å². The third-order valence-electron chi connectivity index (χ3n) is 3.61. The summed E-state index contributed by atoms with van der Waals surface area (Å²) < 4.78 is 26.7. The van der Waals surface area contributed by atoms with Gasteiger partial charge >= 0.3 is 0 Å². The third kappa shape index (κ3) is 4.73. The second-order valence-corrected chi connectivity index (χ2v) is 6.24. The Hall–Kier alpha value is -2.01. The smallest absolute Gasteiger partial charge is 0.171 e. The van der Waals surface area contributed by atoms with Crippen LogP contribution in [0.15, 0.2) is 42.5 Å². The lowest BCUT2D eigenvalue weighted by Crippen LogP contribution is -2.35. The second kappa shape index (κ2) is 7.51. The predicted molar refractivity (Wildman–Crippen MR) is 94.5 cm³/mol. The Balaban J connectivity index is 2.08. The maximum absolute atomic E-state index is 13.6. The first kappa shape index (κ1) is 17.3.